The third-order valence-corrected chi connectivity index (χ3v) is 4.39. The molecule has 0 atom stereocenters. The van der Waals surface area contributed by atoms with E-state index in [0.717, 1.165) is 22.9 Å². The van der Waals surface area contributed by atoms with Gasteiger partial charge >= 0.3 is 0 Å². The minimum atomic E-state index is -0.414. The molecule has 0 spiro atoms. The Morgan fingerprint density at radius 2 is 2.22 bits per heavy atom. The average molecular weight is 281 g/mol. The van der Waals surface area contributed by atoms with E-state index in [2.05, 4.69) is 4.99 Å². The van der Waals surface area contributed by atoms with Gasteiger partial charge in [-0.25, -0.2) is 0 Å². The molecule has 0 amide bonds. The molecule has 0 radical (unpaired) electrons. The van der Waals surface area contributed by atoms with Crippen LogP contribution in [-0.2, 0) is 5.75 Å². The number of non-ortho nitro benzene ring substituents is 1. The average Bonchev–Trinajstić information content (AvgIpc) is 2.90. The van der Waals surface area contributed by atoms with Crippen molar-refractivity contribution in [2.45, 2.75) is 5.75 Å². The fraction of sp³-hybridized carbons (Fsp3) is 0.273. The number of nitrogens with zero attached hydrogens (tertiary/aromatic N) is 2. The van der Waals surface area contributed by atoms with Crippen LogP contribution < -0.4 is 0 Å². The van der Waals surface area contributed by atoms with Gasteiger partial charge in [0.15, 0.2) is 0 Å². The number of nitrogens with one attached hydrogen (secondary N) is 1. The first-order chi connectivity index (χ1) is 8.66. The van der Waals surface area contributed by atoms with Crippen molar-refractivity contribution in [2.24, 2.45) is 4.99 Å². The van der Waals surface area contributed by atoms with Gasteiger partial charge in [-0.2, -0.15) is 0 Å². The zero-order valence-electron chi connectivity index (χ0n) is 9.46. The van der Waals surface area contributed by atoms with E-state index in [-0.39, 0.29) is 5.69 Å². The highest BCUT2D eigenvalue weighted by atomic mass is 32.2. The van der Waals surface area contributed by atoms with E-state index in [0.29, 0.717) is 10.8 Å². The van der Waals surface area contributed by atoms with E-state index >= 15 is 0 Å². The van der Waals surface area contributed by atoms with Gasteiger partial charge < -0.3 is 0 Å². The molecule has 0 unspecified atom stereocenters. The Bertz CT molecular complexity index is 500. The second-order valence-corrected chi connectivity index (χ2v) is 5.65. The molecule has 1 aromatic rings. The summed E-state index contributed by atoms with van der Waals surface area (Å²) in [4.78, 5) is 14.3. The normalized spacial score (nSPS) is 14.3. The van der Waals surface area contributed by atoms with Crippen LogP contribution in [0.15, 0.2) is 29.3 Å². The minimum Gasteiger partial charge on any atom is -0.292 e. The molecule has 0 saturated carbocycles. The number of rotatable bonds is 4. The monoisotopic (exact) mass is 281 g/mol. The van der Waals surface area contributed by atoms with Gasteiger partial charge in [-0.05, 0) is 5.56 Å². The van der Waals surface area contributed by atoms with Crippen LogP contribution in [0, 0.1) is 15.5 Å². The van der Waals surface area contributed by atoms with E-state index in [1.54, 1.807) is 23.9 Å². The molecule has 0 aromatic heterocycles. The molecule has 0 saturated heterocycles. The van der Waals surface area contributed by atoms with E-state index in [1.165, 1.54) is 23.9 Å². The second kappa shape index (κ2) is 6.01. The van der Waals surface area contributed by atoms with Crippen molar-refractivity contribution < 1.29 is 4.92 Å². The van der Waals surface area contributed by atoms with E-state index in [1.807, 2.05) is 0 Å². The molecule has 1 aliphatic heterocycles. The van der Waals surface area contributed by atoms with Gasteiger partial charge in [0.2, 0.25) is 0 Å². The van der Waals surface area contributed by atoms with E-state index in [9.17, 15) is 10.1 Å². The number of hydrogen-bond acceptors (Lipinski definition) is 6. The molecule has 94 valence electrons. The topological polar surface area (TPSA) is 79.3 Å². The summed E-state index contributed by atoms with van der Waals surface area (Å²) in [5.74, 6) is 1.59. The Morgan fingerprint density at radius 3 is 2.78 bits per heavy atom. The van der Waals surface area contributed by atoms with Crippen LogP contribution in [-0.4, -0.2) is 27.3 Å². The van der Waals surface area contributed by atoms with Crippen LogP contribution in [0.5, 0.6) is 0 Å². The maximum atomic E-state index is 10.5. The smallest absolute Gasteiger partial charge is 0.269 e. The van der Waals surface area contributed by atoms with E-state index in [4.69, 9.17) is 5.41 Å². The van der Waals surface area contributed by atoms with Gasteiger partial charge in [-0.3, -0.25) is 20.5 Å². The molecule has 0 aliphatic carbocycles. The number of nitro groups is 1. The predicted molar refractivity (Wildman–Crippen MR) is 76.9 cm³/mol. The fourth-order valence-corrected chi connectivity index (χ4v) is 3.14. The Labute approximate surface area is 113 Å². The Kier molecular flexibility index (Phi) is 4.38. The van der Waals surface area contributed by atoms with Crippen LogP contribution in [0.25, 0.3) is 0 Å². The van der Waals surface area contributed by atoms with Crippen molar-refractivity contribution in [1.82, 2.24) is 0 Å². The lowest BCUT2D eigenvalue weighted by Gasteiger charge is -2.03. The van der Waals surface area contributed by atoms with Crippen LogP contribution in [0.3, 0.4) is 0 Å². The fourth-order valence-electron chi connectivity index (χ4n) is 1.40. The van der Waals surface area contributed by atoms with Crippen molar-refractivity contribution in [1.29, 1.82) is 5.41 Å². The number of nitro benzene ring substituents is 1. The number of thioether (sulfide) groups is 2. The highest BCUT2D eigenvalue weighted by Crippen LogP contribution is 2.22. The largest absolute Gasteiger partial charge is 0.292 e. The van der Waals surface area contributed by atoms with Crippen LogP contribution >= 0.6 is 23.5 Å². The zero-order chi connectivity index (χ0) is 13.0. The summed E-state index contributed by atoms with van der Waals surface area (Å²) < 4.78 is 0. The molecule has 1 aromatic carbocycles. The summed E-state index contributed by atoms with van der Waals surface area (Å²) in [5, 5.41) is 19.6. The van der Waals surface area contributed by atoms with Gasteiger partial charge in [0.25, 0.3) is 5.69 Å². The number of benzene rings is 1. The highest BCUT2D eigenvalue weighted by molar-refractivity contribution is 8.25. The summed E-state index contributed by atoms with van der Waals surface area (Å²) in [6.07, 6.45) is 0. The molecule has 5 nitrogen and oxygen atoms in total. The molecule has 1 heterocycles. The van der Waals surface area contributed by atoms with Crippen molar-refractivity contribution in [3.05, 3.63) is 39.9 Å². The second-order valence-electron chi connectivity index (χ2n) is 3.58. The summed E-state index contributed by atoms with van der Waals surface area (Å²) in [6.45, 7) is 0.792. The van der Waals surface area contributed by atoms with Gasteiger partial charge in [0.1, 0.15) is 10.1 Å². The summed E-state index contributed by atoms with van der Waals surface area (Å²) in [6, 6.07) is 6.42. The summed E-state index contributed by atoms with van der Waals surface area (Å²) in [7, 11) is 0. The molecule has 1 N–H and O–H groups in total. The zero-order valence-corrected chi connectivity index (χ0v) is 11.1. The van der Waals surface area contributed by atoms with Crippen LogP contribution in [0.4, 0.5) is 5.69 Å². The van der Waals surface area contributed by atoms with Crippen molar-refractivity contribution >= 4 is 39.3 Å². The molecule has 18 heavy (non-hydrogen) atoms. The third kappa shape index (κ3) is 3.33. The van der Waals surface area contributed by atoms with Crippen LogP contribution in [0.1, 0.15) is 5.56 Å². The van der Waals surface area contributed by atoms with Crippen molar-refractivity contribution in [2.75, 3.05) is 12.3 Å². The highest BCUT2D eigenvalue weighted by Gasteiger charge is 2.13. The van der Waals surface area contributed by atoms with Crippen molar-refractivity contribution in [3.63, 3.8) is 0 Å². The molecule has 0 bridgehead atoms. The third-order valence-electron chi connectivity index (χ3n) is 2.31. The molecular formula is C11H11N3O2S2. The first kappa shape index (κ1) is 13.1. The van der Waals surface area contributed by atoms with Crippen LogP contribution in [0.2, 0.25) is 0 Å². The van der Waals surface area contributed by atoms with Crippen molar-refractivity contribution in [3.8, 4) is 0 Å². The summed E-state index contributed by atoms with van der Waals surface area (Å²) >= 11 is 3.01. The lowest BCUT2D eigenvalue weighted by atomic mass is 10.2. The molecule has 2 rings (SSSR count). The summed E-state index contributed by atoms with van der Waals surface area (Å²) in [5.41, 5.74) is 1.06. The lowest BCUT2D eigenvalue weighted by molar-refractivity contribution is -0.384. The minimum absolute atomic E-state index is 0.0922. The maximum absolute atomic E-state index is 10.5. The van der Waals surface area contributed by atoms with E-state index < -0.39 is 4.92 Å². The lowest BCUT2D eigenvalue weighted by Crippen LogP contribution is -2.02. The first-order valence-electron chi connectivity index (χ1n) is 5.29. The van der Waals surface area contributed by atoms with Gasteiger partial charge in [0, 0.05) is 30.2 Å². The molecule has 1 aliphatic rings. The molecular weight excluding hydrogens is 270 g/mol. The first-order valence-corrected chi connectivity index (χ1v) is 7.26. The number of aliphatic imine (C=N–C) groups is 1. The van der Waals surface area contributed by atoms with Gasteiger partial charge in [-0.1, -0.05) is 23.9 Å². The predicted octanol–water partition coefficient (Wildman–Crippen LogP) is 2.95. The Morgan fingerprint density at radius 1 is 1.50 bits per heavy atom. The molecule has 0 fully saturated rings. The maximum Gasteiger partial charge on any atom is 0.269 e. The quantitative estimate of drug-likeness (QED) is 0.398. The SMILES string of the molecule is N=C(SCc1ccc([N+](=O)[O-])cc1)C1=NCCS1. The Hall–Kier alpha value is -1.34. The standard InChI is InChI=1S/C11H11N3O2S2/c12-10(11-13-5-6-17-11)18-7-8-1-3-9(4-2-8)14(15)16/h1-4,12H,5-7H2. The Balaban J connectivity index is 1.90. The molecule has 7 heteroatoms. The van der Waals surface area contributed by atoms with Gasteiger partial charge in [0.05, 0.1) is 4.92 Å². The van der Waals surface area contributed by atoms with Gasteiger partial charge in [-0.15, -0.1) is 11.8 Å². The number of hydrogen-bond donors (Lipinski definition) is 1.